The lowest BCUT2D eigenvalue weighted by molar-refractivity contribution is 0.0746. The number of anilines is 1. The largest absolute Gasteiger partial charge is 0.345 e. The predicted octanol–water partition coefficient (Wildman–Crippen LogP) is 4.30. The number of carbonyl (C=O) groups is 1. The van der Waals surface area contributed by atoms with Gasteiger partial charge in [0.15, 0.2) is 5.13 Å². The van der Waals surface area contributed by atoms with Crippen LogP contribution in [0, 0.1) is 19.8 Å². The smallest absolute Gasteiger partial charge is 0.253 e. The Balaban J connectivity index is 1.24. The zero-order valence-electron chi connectivity index (χ0n) is 20.5. The van der Waals surface area contributed by atoms with Crippen molar-refractivity contribution in [2.45, 2.75) is 38.5 Å². The number of sulfonamides is 1. The van der Waals surface area contributed by atoms with E-state index in [4.69, 9.17) is 4.98 Å². The molecule has 2 aromatic carbocycles. The van der Waals surface area contributed by atoms with Gasteiger partial charge in [0.25, 0.3) is 5.91 Å². The number of hydrogen-bond donors (Lipinski definition) is 0. The second-order valence-corrected chi connectivity index (χ2v) is 12.8. The Labute approximate surface area is 211 Å². The first kappa shape index (κ1) is 24.2. The van der Waals surface area contributed by atoms with Gasteiger partial charge in [-0.2, -0.15) is 4.31 Å². The average molecular weight is 513 g/mol. The minimum atomic E-state index is -3.52. The van der Waals surface area contributed by atoms with Crippen molar-refractivity contribution >= 4 is 42.6 Å². The van der Waals surface area contributed by atoms with Gasteiger partial charge in [-0.25, -0.2) is 13.4 Å². The van der Waals surface area contributed by atoms with Gasteiger partial charge in [-0.1, -0.05) is 24.3 Å². The molecule has 3 aromatic rings. The van der Waals surface area contributed by atoms with Crippen LogP contribution in [-0.4, -0.2) is 67.8 Å². The topological polar surface area (TPSA) is 73.8 Å². The highest BCUT2D eigenvalue weighted by atomic mass is 32.2. The molecule has 0 N–H and O–H groups in total. The molecular formula is C26H32N4O3S2. The summed E-state index contributed by atoms with van der Waals surface area (Å²) in [5, 5.41) is 1.00. The first-order chi connectivity index (χ1) is 16.7. The number of carbonyl (C=O) groups excluding carboxylic acids is 1. The normalized spacial score (nSPS) is 19.9. The van der Waals surface area contributed by atoms with Crippen molar-refractivity contribution in [3.8, 4) is 0 Å². The quantitative estimate of drug-likeness (QED) is 0.521. The van der Waals surface area contributed by atoms with Crippen LogP contribution in [0.25, 0.3) is 10.2 Å². The van der Waals surface area contributed by atoms with E-state index in [9.17, 15) is 13.2 Å². The number of aromatic nitrogens is 1. The number of fused-ring (bicyclic) bond motifs is 1. The molecule has 2 saturated heterocycles. The third-order valence-corrected chi connectivity index (χ3v) is 9.96. The molecule has 1 aromatic heterocycles. The van der Waals surface area contributed by atoms with Gasteiger partial charge < -0.3 is 9.80 Å². The number of nitrogens with zero attached hydrogens (tertiary/aromatic N) is 4. The van der Waals surface area contributed by atoms with Crippen LogP contribution < -0.4 is 4.90 Å². The highest BCUT2D eigenvalue weighted by Crippen LogP contribution is 2.32. The van der Waals surface area contributed by atoms with E-state index in [0.29, 0.717) is 37.7 Å². The average Bonchev–Trinajstić information content (AvgIpc) is 3.28. The van der Waals surface area contributed by atoms with E-state index in [2.05, 4.69) is 37.8 Å². The summed E-state index contributed by atoms with van der Waals surface area (Å²) in [4.78, 5) is 22.3. The Hall–Kier alpha value is -2.49. The van der Waals surface area contributed by atoms with E-state index in [-0.39, 0.29) is 10.8 Å². The monoisotopic (exact) mass is 512 g/mol. The Bertz CT molecular complexity index is 1340. The SMILES string of the molecule is Cc1cc(C)c2nc(N3CCN(C(=O)c4ccc(S(=O)(=O)N5CCCC(C)C5)cc4)CC3)sc2c1. The second-order valence-electron chi connectivity index (χ2n) is 9.84. The van der Waals surface area contributed by atoms with Gasteiger partial charge >= 0.3 is 0 Å². The molecule has 0 aliphatic carbocycles. The van der Waals surface area contributed by atoms with Crippen LogP contribution in [0.3, 0.4) is 0 Å². The molecular weight excluding hydrogens is 480 g/mol. The van der Waals surface area contributed by atoms with Crippen LogP contribution in [0.1, 0.15) is 41.3 Å². The molecule has 35 heavy (non-hydrogen) atoms. The highest BCUT2D eigenvalue weighted by molar-refractivity contribution is 7.89. The molecule has 0 radical (unpaired) electrons. The zero-order valence-corrected chi connectivity index (χ0v) is 22.2. The number of piperazine rings is 1. The summed E-state index contributed by atoms with van der Waals surface area (Å²) < 4.78 is 28.8. The fourth-order valence-corrected chi connectivity index (χ4v) is 7.85. The van der Waals surface area contributed by atoms with Crippen molar-refractivity contribution in [3.63, 3.8) is 0 Å². The maximum atomic E-state index is 13.1. The number of aryl methyl sites for hydroxylation is 2. The van der Waals surface area contributed by atoms with Gasteiger partial charge in [0.1, 0.15) is 0 Å². The van der Waals surface area contributed by atoms with E-state index in [0.717, 1.165) is 36.6 Å². The summed E-state index contributed by atoms with van der Waals surface area (Å²) in [5.41, 5.74) is 4.01. The lowest BCUT2D eigenvalue weighted by Gasteiger charge is -2.34. The van der Waals surface area contributed by atoms with Crippen molar-refractivity contribution in [1.29, 1.82) is 0 Å². The van der Waals surface area contributed by atoms with E-state index >= 15 is 0 Å². The molecule has 0 bridgehead atoms. The highest BCUT2D eigenvalue weighted by Gasteiger charge is 2.29. The van der Waals surface area contributed by atoms with Gasteiger partial charge in [-0.15, -0.1) is 0 Å². The number of amides is 1. The molecule has 9 heteroatoms. The minimum Gasteiger partial charge on any atom is -0.345 e. The van der Waals surface area contributed by atoms with Crippen molar-refractivity contribution in [1.82, 2.24) is 14.2 Å². The third kappa shape index (κ3) is 4.81. The maximum absolute atomic E-state index is 13.1. The number of hydrogen-bond acceptors (Lipinski definition) is 6. The predicted molar refractivity (Wildman–Crippen MR) is 141 cm³/mol. The summed E-state index contributed by atoms with van der Waals surface area (Å²) in [6, 6.07) is 10.8. The van der Waals surface area contributed by atoms with E-state index in [1.807, 2.05) is 4.90 Å². The number of thiazole rings is 1. The van der Waals surface area contributed by atoms with Crippen molar-refractivity contribution < 1.29 is 13.2 Å². The Morgan fingerprint density at radius 1 is 1.03 bits per heavy atom. The molecule has 1 atom stereocenters. The number of rotatable bonds is 4. The van der Waals surface area contributed by atoms with E-state index in [1.165, 1.54) is 15.8 Å². The Morgan fingerprint density at radius 3 is 2.43 bits per heavy atom. The minimum absolute atomic E-state index is 0.0593. The second kappa shape index (κ2) is 9.52. The van der Waals surface area contributed by atoms with Gasteiger partial charge in [0.05, 0.1) is 15.1 Å². The summed E-state index contributed by atoms with van der Waals surface area (Å²) in [6.45, 7) is 10.1. The molecule has 1 amide bonds. The van der Waals surface area contributed by atoms with Gasteiger partial charge in [0, 0.05) is 44.8 Å². The third-order valence-electron chi connectivity index (χ3n) is 7.01. The van der Waals surface area contributed by atoms with Gasteiger partial charge in [-0.05, 0) is 74.1 Å². The summed E-state index contributed by atoms with van der Waals surface area (Å²) in [6.07, 6.45) is 1.95. The molecule has 1 unspecified atom stereocenters. The Kier molecular flexibility index (Phi) is 6.59. The van der Waals surface area contributed by atoms with Crippen LogP contribution >= 0.6 is 11.3 Å². The van der Waals surface area contributed by atoms with Crippen molar-refractivity contribution in [3.05, 3.63) is 53.1 Å². The molecule has 2 aliphatic heterocycles. The fourth-order valence-electron chi connectivity index (χ4n) is 5.06. The molecule has 2 fully saturated rings. The standard InChI is InChI=1S/C26H32N4O3S2/c1-18-5-4-10-30(17-18)35(32,33)22-8-6-21(7-9-22)25(31)28-11-13-29(14-12-28)26-27-24-20(3)15-19(2)16-23(24)34-26/h6-9,15-16,18H,4-5,10-14,17H2,1-3H3. The molecule has 0 saturated carbocycles. The maximum Gasteiger partial charge on any atom is 0.253 e. The molecule has 2 aliphatic rings. The molecule has 186 valence electrons. The summed E-state index contributed by atoms with van der Waals surface area (Å²) in [7, 11) is -3.52. The van der Waals surface area contributed by atoms with E-state index < -0.39 is 10.0 Å². The molecule has 0 spiro atoms. The zero-order chi connectivity index (χ0) is 24.7. The first-order valence-corrected chi connectivity index (χ1v) is 14.5. The van der Waals surface area contributed by atoms with Crippen LogP contribution in [0.2, 0.25) is 0 Å². The number of benzene rings is 2. The van der Waals surface area contributed by atoms with Crippen LogP contribution in [0.5, 0.6) is 0 Å². The lowest BCUT2D eigenvalue weighted by atomic mass is 10.0. The molecule has 7 nitrogen and oxygen atoms in total. The first-order valence-electron chi connectivity index (χ1n) is 12.2. The van der Waals surface area contributed by atoms with Crippen molar-refractivity contribution in [2.75, 3.05) is 44.2 Å². The van der Waals surface area contributed by atoms with Crippen LogP contribution in [0.15, 0.2) is 41.3 Å². The fraction of sp³-hybridized carbons (Fsp3) is 0.462. The van der Waals surface area contributed by atoms with Gasteiger partial charge in [-0.3, -0.25) is 4.79 Å². The lowest BCUT2D eigenvalue weighted by Crippen LogP contribution is -2.48. The molecule has 3 heterocycles. The summed E-state index contributed by atoms with van der Waals surface area (Å²) in [5.74, 6) is 0.310. The summed E-state index contributed by atoms with van der Waals surface area (Å²) >= 11 is 1.70. The molecule has 5 rings (SSSR count). The van der Waals surface area contributed by atoms with Crippen LogP contribution in [0.4, 0.5) is 5.13 Å². The van der Waals surface area contributed by atoms with Gasteiger partial charge in [0.2, 0.25) is 10.0 Å². The van der Waals surface area contributed by atoms with Crippen LogP contribution in [-0.2, 0) is 10.0 Å². The van der Waals surface area contributed by atoms with E-state index in [1.54, 1.807) is 39.9 Å². The Morgan fingerprint density at radius 2 is 1.74 bits per heavy atom. The van der Waals surface area contributed by atoms with Crippen molar-refractivity contribution in [2.24, 2.45) is 5.92 Å². The number of piperidine rings is 1.